The van der Waals surface area contributed by atoms with Crippen LogP contribution in [0.1, 0.15) is 103 Å². The zero-order chi connectivity index (χ0) is 45.1. The summed E-state index contributed by atoms with van der Waals surface area (Å²) >= 11 is 0. The lowest BCUT2D eigenvalue weighted by Crippen LogP contribution is -2.61. The minimum atomic E-state index is -5.11. The fraction of sp³-hybridized carbons (Fsp3) is 0.634. The minimum absolute atomic E-state index is 0.0818. The molecule has 1 aliphatic heterocycles. The molecule has 340 valence electrons. The van der Waals surface area contributed by atoms with E-state index in [9.17, 15) is 48.2 Å². The Balaban J connectivity index is 1.74. The first-order valence-electron chi connectivity index (χ1n) is 21.1. The number of unbranched alkanes of at least 4 members (excludes halogenated alkanes) is 6. The number of aliphatic hydroxyl groups is 1. The maximum absolute atomic E-state index is 14.0. The third-order valence-electron chi connectivity index (χ3n) is 10.5. The van der Waals surface area contributed by atoms with Gasteiger partial charge in [-0.3, -0.25) is 33.3 Å². The van der Waals surface area contributed by atoms with E-state index in [0.717, 1.165) is 58.3 Å². The van der Waals surface area contributed by atoms with Gasteiger partial charge in [0.1, 0.15) is 36.0 Å². The Labute approximate surface area is 357 Å². The number of aryl methyl sites for hydroxylation is 2. The second-order valence-electron chi connectivity index (χ2n) is 16.0. The maximum Gasteiger partial charge on any atom is 0.469 e. The number of nitrogens with zero attached hydrogens (tertiary/aromatic N) is 3. The Morgan fingerprint density at radius 3 is 2.08 bits per heavy atom. The first-order valence-corrected chi connectivity index (χ1v) is 22.6. The van der Waals surface area contributed by atoms with Gasteiger partial charge in [-0.2, -0.15) is 0 Å². The fourth-order valence-electron chi connectivity index (χ4n) is 7.34. The van der Waals surface area contributed by atoms with Crippen LogP contribution in [-0.2, 0) is 57.2 Å². The van der Waals surface area contributed by atoms with Gasteiger partial charge in [-0.25, -0.2) is 9.55 Å². The topological polar surface area (TPSA) is 285 Å². The van der Waals surface area contributed by atoms with Gasteiger partial charge in [0.2, 0.25) is 35.4 Å². The van der Waals surface area contributed by atoms with Gasteiger partial charge in [-0.15, -0.1) is 0 Å². The van der Waals surface area contributed by atoms with Crippen molar-refractivity contribution < 1.29 is 52.7 Å². The second-order valence-corrected chi connectivity index (χ2v) is 17.2. The first kappa shape index (κ1) is 50.7. The van der Waals surface area contributed by atoms with Gasteiger partial charge >= 0.3 is 7.82 Å². The van der Waals surface area contributed by atoms with Crippen LogP contribution in [0.15, 0.2) is 42.7 Å². The largest absolute Gasteiger partial charge is 0.469 e. The standard InChI is InChI=1S/C41H65N8O11P/c1-27(2)24-31(45-41(56)34-19-15-22-49(34)29(4)51)38(53)44-32(39(54)46-33(26-50)40(55)47-36(37(42)52)28(3)60-61(57,58)59)25-35-43-20-23-48(35)21-14-9-7-5-6-8-11-16-30-17-12-10-13-18-30/h10,12-13,17-18,20,23,27-28,31-34,36,50H,5-9,11,14-16,19,21-22,24-26H2,1-4H3,(H2,42,52)(H,44,53)(H,45,56)(H,46,54)(H,47,55)(H2,57,58,59)/t28-,31+,32+,33+,34+,36+/m1/s1. The molecule has 19 nitrogen and oxygen atoms in total. The fourth-order valence-corrected chi connectivity index (χ4v) is 7.90. The molecule has 2 aromatic rings. The van der Waals surface area contributed by atoms with Gasteiger partial charge in [-0.1, -0.05) is 76.3 Å². The zero-order valence-electron chi connectivity index (χ0n) is 35.7. The number of phosphoric ester groups is 1. The molecule has 0 radical (unpaired) electrons. The number of aliphatic hydroxyl groups excluding tert-OH is 1. The molecular formula is C41H65N8O11P. The van der Waals surface area contributed by atoms with Crippen molar-refractivity contribution in [3.63, 3.8) is 0 Å². The van der Waals surface area contributed by atoms with E-state index < -0.39 is 80.3 Å². The molecule has 3 rings (SSSR count). The third kappa shape index (κ3) is 17.7. The number of amides is 6. The lowest BCUT2D eigenvalue weighted by atomic mass is 10.0. The minimum Gasteiger partial charge on any atom is -0.394 e. The van der Waals surface area contributed by atoms with E-state index in [2.05, 4.69) is 55.0 Å². The molecule has 9 N–H and O–H groups in total. The average Bonchev–Trinajstić information content (AvgIpc) is 3.87. The quantitative estimate of drug-likeness (QED) is 0.0467. The Hall–Kier alpha value is -4.68. The highest BCUT2D eigenvalue weighted by Gasteiger charge is 2.37. The molecule has 1 saturated heterocycles. The van der Waals surface area contributed by atoms with Crippen molar-refractivity contribution in [2.45, 2.75) is 148 Å². The van der Waals surface area contributed by atoms with Crippen molar-refractivity contribution in [1.82, 2.24) is 35.7 Å². The Kier molecular flexibility index (Phi) is 21.0. The Bertz CT molecular complexity index is 1790. The van der Waals surface area contributed by atoms with E-state index in [1.165, 1.54) is 17.4 Å². The molecule has 1 aliphatic rings. The van der Waals surface area contributed by atoms with Crippen LogP contribution in [0, 0.1) is 5.92 Å². The van der Waals surface area contributed by atoms with Crippen LogP contribution in [0.25, 0.3) is 0 Å². The van der Waals surface area contributed by atoms with Crippen molar-refractivity contribution >= 4 is 43.3 Å². The van der Waals surface area contributed by atoms with E-state index in [4.69, 9.17) is 5.73 Å². The number of rotatable bonds is 27. The molecule has 0 aliphatic carbocycles. The van der Waals surface area contributed by atoms with Crippen molar-refractivity contribution in [3.05, 3.63) is 54.1 Å². The molecule has 6 atom stereocenters. The summed E-state index contributed by atoms with van der Waals surface area (Å²) in [6.45, 7) is 6.17. The van der Waals surface area contributed by atoms with Crippen LogP contribution >= 0.6 is 7.82 Å². The molecule has 0 unspecified atom stereocenters. The average molecular weight is 877 g/mol. The van der Waals surface area contributed by atoms with Crippen LogP contribution in [0.2, 0.25) is 0 Å². The summed E-state index contributed by atoms with van der Waals surface area (Å²) < 4.78 is 17.8. The van der Waals surface area contributed by atoms with Gasteiger partial charge in [-0.05, 0) is 56.9 Å². The van der Waals surface area contributed by atoms with Gasteiger partial charge in [0.25, 0.3) is 0 Å². The van der Waals surface area contributed by atoms with Gasteiger partial charge in [0.05, 0.1) is 12.7 Å². The molecule has 1 aromatic heterocycles. The van der Waals surface area contributed by atoms with Crippen LogP contribution < -0.4 is 27.0 Å². The normalized spacial score (nSPS) is 16.6. The molecule has 20 heteroatoms. The molecule has 1 aromatic carbocycles. The highest BCUT2D eigenvalue weighted by Crippen LogP contribution is 2.38. The highest BCUT2D eigenvalue weighted by molar-refractivity contribution is 7.46. The van der Waals surface area contributed by atoms with E-state index in [1.54, 1.807) is 12.4 Å². The molecular weight excluding hydrogens is 811 g/mol. The van der Waals surface area contributed by atoms with Crippen LogP contribution in [0.3, 0.4) is 0 Å². The summed E-state index contributed by atoms with van der Waals surface area (Å²) in [6, 6.07) is 3.66. The third-order valence-corrected chi connectivity index (χ3v) is 11.1. The van der Waals surface area contributed by atoms with E-state index >= 15 is 0 Å². The highest BCUT2D eigenvalue weighted by atomic mass is 31.2. The number of carbonyl (C=O) groups is 6. The molecule has 6 amide bonds. The van der Waals surface area contributed by atoms with Crippen molar-refractivity contribution in [1.29, 1.82) is 0 Å². The predicted octanol–water partition coefficient (Wildman–Crippen LogP) is 1.37. The second kappa shape index (κ2) is 25.3. The molecule has 2 heterocycles. The number of nitrogens with two attached hydrogens (primary N) is 1. The smallest absolute Gasteiger partial charge is 0.394 e. The summed E-state index contributed by atoms with van der Waals surface area (Å²) in [7, 11) is -5.11. The van der Waals surface area contributed by atoms with Crippen LogP contribution in [0.5, 0.6) is 0 Å². The number of nitrogens with one attached hydrogen (secondary N) is 4. The van der Waals surface area contributed by atoms with Crippen LogP contribution in [-0.4, -0.2) is 114 Å². The van der Waals surface area contributed by atoms with Gasteiger partial charge < -0.3 is 51.4 Å². The Morgan fingerprint density at radius 1 is 0.869 bits per heavy atom. The number of primary amides is 1. The molecule has 0 bridgehead atoms. The van der Waals surface area contributed by atoms with Crippen LogP contribution in [0.4, 0.5) is 0 Å². The van der Waals surface area contributed by atoms with Crippen molar-refractivity contribution in [2.24, 2.45) is 11.7 Å². The lowest BCUT2D eigenvalue weighted by Gasteiger charge is -2.28. The number of aromatic nitrogens is 2. The monoisotopic (exact) mass is 876 g/mol. The molecule has 0 spiro atoms. The van der Waals surface area contributed by atoms with E-state index in [-0.39, 0.29) is 24.7 Å². The molecule has 0 saturated carbocycles. The summed E-state index contributed by atoms with van der Waals surface area (Å²) in [5.41, 5.74) is 6.70. The number of phosphoric acid groups is 1. The number of benzene rings is 1. The van der Waals surface area contributed by atoms with Crippen molar-refractivity contribution in [3.8, 4) is 0 Å². The number of hydrogen-bond acceptors (Lipinski definition) is 10. The molecule has 1 fully saturated rings. The maximum atomic E-state index is 14.0. The summed E-state index contributed by atoms with van der Waals surface area (Å²) in [5, 5.41) is 20.2. The SMILES string of the molecule is CC(=O)N1CCC[C@H]1C(=O)N[C@@H](CC(C)C)C(=O)N[C@@H](Cc1nccn1CCCCCCCCCc1ccccc1)C(=O)N[C@@H](CO)C(=O)N[C@H](C(N)=O)[C@@H](C)OP(=O)(O)O. The first-order chi connectivity index (χ1) is 28.9. The summed E-state index contributed by atoms with van der Waals surface area (Å²) in [6.07, 6.45) is 11.3. The lowest BCUT2D eigenvalue weighted by molar-refractivity contribution is -0.139. The van der Waals surface area contributed by atoms with E-state index in [1.807, 2.05) is 24.5 Å². The Morgan fingerprint density at radius 2 is 1.48 bits per heavy atom. The van der Waals surface area contributed by atoms with E-state index in [0.29, 0.717) is 31.8 Å². The zero-order valence-corrected chi connectivity index (χ0v) is 36.6. The molecule has 61 heavy (non-hydrogen) atoms. The van der Waals surface area contributed by atoms with Gasteiger partial charge in [0, 0.05) is 38.8 Å². The number of carbonyl (C=O) groups excluding carboxylic acids is 6. The predicted molar refractivity (Wildman–Crippen MR) is 225 cm³/mol. The number of imidazole rings is 1. The van der Waals surface area contributed by atoms with Crippen molar-refractivity contribution in [2.75, 3.05) is 13.2 Å². The number of likely N-dealkylation sites (tertiary alicyclic amines) is 1. The van der Waals surface area contributed by atoms with Gasteiger partial charge in [0.15, 0.2) is 0 Å². The summed E-state index contributed by atoms with van der Waals surface area (Å²) in [5.74, 6) is -4.40. The number of hydrogen-bond donors (Lipinski definition) is 8. The summed E-state index contributed by atoms with van der Waals surface area (Å²) in [4.78, 5) is 103.